The number of carbonyl (C=O) groups is 1. The van der Waals surface area contributed by atoms with Gasteiger partial charge in [0.1, 0.15) is 23.6 Å². The monoisotopic (exact) mass is 340 g/mol. The van der Waals surface area contributed by atoms with E-state index in [1.165, 1.54) is 17.8 Å². The Morgan fingerprint density at radius 3 is 2.74 bits per heavy atom. The second-order valence-electron chi connectivity index (χ2n) is 4.95. The Kier molecular flexibility index (Phi) is 6.52. The van der Waals surface area contributed by atoms with Gasteiger partial charge in [0.05, 0.1) is 5.75 Å². The molecule has 1 amide bonds. The molecule has 0 aliphatic rings. The fourth-order valence-corrected chi connectivity index (χ4v) is 2.71. The third kappa shape index (κ3) is 5.02. The topological polar surface area (TPSA) is 59.8 Å². The molecule has 1 heterocycles. The summed E-state index contributed by atoms with van der Waals surface area (Å²) >= 11 is 1.18. The first kappa shape index (κ1) is 17.4. The zero-order chi connectivity index (χ0) is 16.7. The number of hydrogen-bond acceptors (Lipinski definition) is 4. The molecule has 2 aromatic rings. The number of para-hydroxylation sites is 1. The lowest BCUT2D eigenvalue weighted by atomic mass is 10.2. The summed E-state index contributed by atoms with van der Waals surface area (Å²) in [7, 11) is 0. The highest BCUT2D eigenvalue weighted by Gasteiger charge is 2.13. The zero-order valence-electron chi connectivity index (χ0n) is 12.8. The maximum atomic E-state index is 13.5. The molecule has 8 heteroatoms. The molecule has 1 N–H and O–H groups in total. The molecule has 0 spiro atoms. The van der Waals surface area contributed by atoms with E-state index >= 15 is 0 Å². The van der Waals surface area contributed by atoms with Crippen molar-refractivity contribution in [1.82, 2.24) is 14.8 Å². The zero-order valence-corrected chi connectivity index (χ0v) is 13.6. The van der Waals surface area contributed by atoms with Gasteiger partial charge in [0.15, 0.2) is 5.16 Å². The minimum Gasteiger partial charge on any atom is -0.320 e. The molecule has 124 valence electrons. The molecule has 0 aliphatic heterocycles. The quantitative estimate of drug-likeness (QED) is 0.590. The number of aromatic nitrogens is 3. The Hall–Kier alpha value is -1.96. The fraction of sp³-hybridized carbons (Fsp3) is 0.400. The van der Waals surface area contributed by atoms with E-state index in [9.17, 15) is 13.6 Å². The molecule has 0 atom stereocenters. The first-order chi connectivity index (χ1) is 11.1. The number of rotatable bonds is 8. The number of amides is 1. The number of carbonyl (C=O) groups excluding carboxylic acids is 1. The Labute approximate surface area is 137 Å². The number of aryl methyl sites for hydroxylation is 1. The Morgan fingerprint density at radius 1 is 1.30 bits per heavy atom. The number of hydrogen-bond donors (Lipinski definition) is 1. The van der Waals surface area contributed by atoms with E-state index in [0.29, 0.717) is 5.16 Å². The van der Waals surface area contributed by atoms with Gasteiger partial charge in [0.2, 0.25) is 5.91 Å². The van der Waals surface area contributed by atoms with Crippen molar-refractivity contribution in [2.75, 3.05) is 11.1 Å². The first-order valence-corrected chi connectivity index (χ1v) is 8.35. The van der Waals surface area contributed by atoms with E-state index in [4.69, 9.17) is 0 Å². The van der Waals surface area contributed by atoms with Crippen LogP contribution in [0.5, 0.6) is 0 Å². The number of unbranched alkanes of at least 4 members (excludes halogenated alkanes) is 2. The van der Waals surface area contributed by atoms with Crippen LogP contribution in [0.25, 0.3) is 0 Å². The number of benzene rings is 1. The van der Waals surface area contributed by atoms with E-state index < -0.39 is 23.2 Å². The molecule has 1 aromatic heterocycles. The highest BCUT2D eigenvalue weighted by atomic mass is 32.2. The maximum absolute atomic E-state index is 13.5. The van der Waals surface area contributed by atoms with Crippen LogP contribution in [-0.4, -0.2) is 26.4 Å². The van der Waals surface area contributed by atoms with Gasteiger partial charge in [-0.3, -0.25) is 4.79 Å². The standard InChI is InChI=1S/C15H18F2N4OS/c1-2-3-4-8-21-10-18-20-15(21)23-9-13(22)19-14-11(16)6-5-7-12(14)17/h5-7,10H,2-4,8-9H2,1H3,(H,19,22). The number of halogens is 2. The van der Waals surface area contributed by atoms with Crippen LogP contribution < -0.4 is 5.32 Å². The predicted octanol–water partition coefficient (Wildman–Crippen LogP) is 3.48. The third-order valence-electron chi connectivity index (χ3n) is 3.14. The summed E-state index contributed by atoms with van der Waals surface area (Å²) in [5.74, 6) is -2.10. The number of nitrogens with zero attached hydrogens (tertiary/aromatic N) is 3. The Morgan fingerprint density at radius 2 is 2.04 bits per heavy atom. The highest BCUT2D eigenvalue weighted by molar-refractivity contribution is 7.99. The molecule has 23 heavy (non-hydrogen) atoms. The van der Waals surface area contributed by atoms with Crippen molar-refractivity contribution in [3.63, 3.8) is 0 Å². The predicted molar refractivity (Wildman–Crippen MR) is 85.3 cm³/mol. The van der Waals surface area contributed by atoms with Gasteiger partial charge < -0.3 is 9.88 Å². The molecule has 0 fully saturated rings. The molecule has 0 saturated heterocycles. The van der Waals surface area contributed by atoms with Crippen molar-refractivity contribution < 1.29 is 13.6 Å². The average Bonchev–Trinajstić information content (AvgIpc) is 2.97. The number of thioether (sulfide) groups is 1. The Bertz CT molecular complexity index is 642. The lowest BCUT2D eigenvalue weighted by molar-refractivity contribution is -0.113. The molecule has 0 unspecified atom stereocenters. The summed E-state index contributed by atoms with van der Waals surface area (Å²) in [6.45, 7) is 2.90. The van der Waals surface area contributed by atoms with Gasteiger partial charge in [-0.2, -0.15) is 0 Å². The van der Waals surface area contributed by atoms with Crippen LogP contribution >= 0.6 is 11.8 Å². The summed E-state index contributed by atoms with van der Waals surface area (Å²) in [5.41, 5.74) is -0.428. The van der Waals surface area contributed by atoms with Crippen molar-refractivity contribution in [2.45, 2.75) is 37.9 Å². The molecular formula is C15H18F2N4OS. The van der Waals surface area contributed by atoms with Crippen LogP contribution in [0.2, 0.25) is 0 Å². The van der Waals surface area contributed by atoms with Crippen LogP contribution in [0.3, 0.4) is 0 Å². The molecule has 2 rings (SSSR count). The fourth-order valence-electron chi connectivity index (χ4n) is 1.96. The smallest absolute Gasteiger partial charge is 0.235 e. The third-order valence-corrected chi connectivity index (χ3v) is 4.12. The van der Waals surface area contributed by atoms with E-state index in [1.54, 1.807) is 6.33 Å². The molecule has 0 saturated carbocycles. The summed E-state index contributed by atoms with van der Waals surface area (Å²) in [6, 6.07) is 3.43. The maximum Gasteiger partial charge on any atom is 0.235 e. The van der Waals surface area contributed by atoms with Gasteiger partial charge in [-0.25, -0.2) is 8.78 Å². The van der Waals surface area contributed by atoms with Crippen molar-refractivity contribution in [3.05, 3.63) is 36.2 Å². The van der Waals surface area contributed by atoms with Gasteiger partial charge in [0.25, 0.3) is 0 Å². The minimum atomic E-state index is -0.800. The summed E-state index contributed by atoms with van der Waals surface area (Å²) < 4.78 is 28.8. The highest BCUT2D eigenvalue weighted by Crippen LogP contribution is 2.20. The van der Waals surface area contributed by atoms with Crippen molar-refractivity contribution >= 4 is 23.4 Å². The lowest BCUT2D eigenvalue weighted by Crippen LogP contribution is -2.16. The number of nitrogens with one attached hydrogen (secondary N) is 1. The number of anilines is 1. The van der Waals surface area contributed by atoms with Crippen molar-refractivity contribution in [1.29, 1.82) is 0 Å². The van der Waals surface area contributed by atoms with Gasteiger partial charge in [-0.05, 0) is 18.6 Å². The SMILES string of the molecule is CCCCCn1cnnc1SCC(=O)Nc1c(F)cccc1F. The van der Waals surface area contributed by atoms with Crippen LogP contribution in [0.15, 0.2) is 29.7 Å². The van der Waals surface area contributed by atoms with E-state index in [-0.39, 0.29) is 5.75 Å². The second kappa shape index (κ2) is 8.61. The minimum absolute atomic E-state index is 0.000243. The van der Waals surface area contributed by atoms with Crippen molar-refractivity contribution in [2.24, 2.45) is 0 Å². The molecule has 0 bridgehead atoms. The molecule has 0 aliphatic carbocycles. The molecule has 5 nitrogen and oxygen atoms in total. The summed E-state index contributed by atoms with van der Waals surface area (Å²) in [5, 5.41) is 10.6. The normalized spacial score (nSPS) is 10.7. The Balaban J connectivity index is 1.89. The largest absolute Gasteiger partial charge is 0.320 e. The molecular weight excluding hydrogens is 322 g/mol. The van der Waals surface area contributed by atoms with Crippen LogP contribution in [0, 0.1) is 11.6 Å². The molecule has 0 radical (unpaired) electrons. The van der Waals surface area contributed by atoms with Crippen LogP contribution in [0.1, 0.15) is 26.2 Å². The van der Waals surface area contributed by atoms with Gasteiger partial charge >= 0.3 is 0 Å². The van der Waals surface area contributed by atoms with Gasteiger partial charge in [-0.1, -0.05) is 37.6 Å². The first-order valence-electron chi connectivity index (χ1n) is 7.36. The van der Waals surface area contributed by atoms with Crippen LogP contribution in [0.4, 0.5) is 14.5 Å². The second-order valence-corrected chi connectivity index (χ2v) is 5.89. The molecule has 1 aromatic carbocycles. The van der Waals surface area contributed by atoms with E-state index in [0.717, 1.165) is 37.9 Å². The summed E-state index contributed by atoms with van der Waals surface area (Å²) in [4.78, 5) is 11.9. The van der Waals surface area contributed by atoms with Crippen molar-refractivity contribution in [3.8, 4) is 0 Å². The average molecular weight is 340 g/mol. The van der Waals surface area contributed by atoms with Gasteiger partial charge in [0, 0.05) is 6.54 Å². The van der Waals surface area contributed by atoms with Crippen LogP contribution in [-0.2, 0) is 11.3 Å². The van der Waals surface area contributed by atoms with Gasteiger partial charge in [-0.15, -0.1) is 10.2 Å². The lowest BCUT2D eigenvalue weighted by Gasteiger charge is -2.08. The van der Waals surface area contributed by atoms with E-state index in [2.05, 4.69) is 22.4 Å². The summed E-state index contributed by atoms with van der Waals surface area (Å²) in [6.07, 6.45) is 4.84. The van der Waals surface area contributed by atoms with E-state index in [1.807, 2.05) is 4.57 Å².